The third kappa shape index (κ3) is 3.42. The van der Waals surface area contributed by atoms with Crippen LogP contribution in [-0.2, 0) is 5.75 Å². The van der Waals surface area contributed by atoms with Gasteiger partial charge in [-0.25, -0.2) is 4.98 Å². The molecule has 4 heterocycles. The third-order valence-corrected chi connectivity index (χ3v) is 6.71. The first-order valence-electron chi connectivity index (χ1n) is 8.54. The van der Waals surface area contributed by atoms with Crippen molar-refractivity contribution in [3.05, 3.63) is 77.3 Å². The Bertz CT molecular complexity index is 1160. The lowest BCUT2D eigenvalue weighted by Gasteiger charge is -2.08. The van der Waals surface area contributed by atoms with Crippen LogP contribution in [0, 0.1) is 0 Å². The molecule has 0 aliphatic heterocycles. The van der Waals surface area contributed by atoms with Gasteiger partial charge in [-0.3, -0.25) is 4.57 Å². The van der Waals surface area contributed by atoms with Gasteiger partial charge in [0, 0.05) is 11.4 Å². The number of aromatic nitrogens is 4. The number of thioether (sulfide) groups is 1. The molecule has 0 N–H and O–H groups in total. The maximum absolute atomic E-state index is 5.62. The van der Waals surface area contributed by atoms with E-state index in [1.807, 2.05) is 47.2 Å². The molecular formula is C20H14N4OS3. The SMILES string of the molecule is c1ccc(-n2c(SCc3coc(-c4cccs4)n3)nnc2-c2cccs2)cc1. The Kier molecular flexibility index (Phi) is 4.82. The van der Waals surface area contributed by atoms with Crippen molar-refractivity contribution < 1.29 is 4.42 Å². The van der Waals surface area contributed by atoms with Gasteiger partial charge in [0.15, 0.2) is 11.0 Å². The minimum atomic E-state index is 0.657. The van der Waals surface area contributed by atoms with Crippen molar-refractivity contribution in [2.75, 3.05) is 0 Å². The fourth-order valence-electron chi connectivity index (χ4n) is 2.76. The molecule has 5 rings (SSSR count). The summed E-state index contributed by atoms with van der Waals surface area (Å²) in [6.07, 6.45) is 1.71. The number of benzene rings is 1. The molecule has 0 saturated heterocycles. The Balaban J connectivity index is 1.44. The molecule has 0 atom stereocenters. The number of hydrogen-bond acceptors (Lipinski definition) is 7. The van der Waals surface area contributed by atoms with Gasteiger partial charge >= 0.3 is 0 Å². The predicted molar refractivity (Wildman–Crippen MR) is 114 cm³/mol. The normalized spacial score (nSPS) is 11.1. The van der Waals surface area contributed by atoms with Gasteiger partial charge in [-0.2, -0.15) is 0 Å². The molecule has 0 fully saturated rings. The number of rotatable bonds is 6. The first-order valence-corrected chi connectivity index (χ1v) is 11.3. The van der Waals surface area contributed by atoms with Gasteiger partial charge in [-0.15, -0.1) is 32.9 Å². The number of hydrogen-bond donors (Lipinski definition) is 0. The van der Waals surface area contributed by atoms with Crippen molar-refractivity contribution in [3.8, 4) is 27.2 Å². The van der Waals surface area contributed by atoms with Crippen LogP contribution in [0.3, 0.4) is 0 Å². The Morgan fingerprint density at radius 2 is 1.68 bits per heavy atom. The zero-order chi connectivity index (χ0) is 18.8. The third-order valence-electron chi connectivity index (χ3n) is 4.02. The number of oxazole rings is 1. The summed E-state index contributed by atoms with van der Waals surface area (Å²) < 4.78 is 7.72. The number of thiophene rings is 2. The van der Waals surface area contributed by atoms with Gasteiger partial charge in [0.2, 0.25) is 5.89 Å². The van der Waals surface area contributed by atoms with E-state index in [1.165, 1.54) is 0 Å². The van der Waals surface area contributed by atoms with Gasteiger partial charge in [0.05, 0.1) is 15.4 Å². The highest BCUT2D eigenvalue weighted by molar-refractivity contribution is 7.98. The maximum atomic E-state index is 5.62. The van der Waals surface area contributed by atoms with E-state index >= 15 is 0 Å². The predicted octanol–water partition coefficient (Wildman–Crippen LogP) is 6.00. The summed E-state index contributed by atoms with van der Waals surface area (Å²) in [7, 11) is 0. The summed E-state index contributed by atoms with van der Waals surface area (Å²) >= 11 is 4.87. The summed E-state index contributed by atoms with van der Waals surface area (Å²) in [4.78, 5) is 6.71. The van der Waals surface area contributed by atoms with E-state index < -0.39 is 0 Å². The molecule has 0 radical (unpaired) electrons. The Labute approximate surface area is 173 Å². The highest BCUT2D eigenvalue weighted by atomic mass is 32.2. The van der Waals surface area contributed by atoms with E-state index in [1.54, 1.807) is 40.7 Å². The molecule has 5 nitrogen and oxygen atoms in total. The van der Waals surface area contributed by atoms with Crippen molar-refractivity contribution in [2.45, 2.75) is 10.9 Å². The largest absolute Gasteiger partial charge is 0.444 e. The standard InChI is InChI=1S/C20H14N4OS3/c1-2-6-15(7-3-1)24-18(16-8-4-10-26-16)22-23-20(24)28-13-14-12-25-19(21-14)17-9-5-11-27-17/h1-12H,13H2. The minimum absolute atomic E-state index is 0.657. The topological polar surface area (TPSA) is 56.7 Å². The van der Waals surface area contributed by atoms with Crippen molar-refractivity contribution in [3.63, 3.8) is 0 Å². The van der Waals surface area contributed by atoms with Gasteiger partial charge < -0.3 is 4.42 Å². The van der Waals surface area contributed by atoms with Crippen LogP contribution in [0.15, 0.2) is 81.2 Å². The summed E-state index contributed by atoms with van der Waals surface area (Å²) in [5.74, 6) is 2.17. The second-order valence-corrected chi connectivity index (χ2v) is 8.70. The average molecular weight is 423 g/mol. The Morgan fingerprint density at radius 1 is 0.893 bits per heavy atom. The van der Waals surface area contributed by atoms with Crippen LogP contribution in [-0.4, -0.2) is 19.7 Å². The highest BCUT2D eigenvalue weighted by Crippen LogP contribution is 2.32. The molecule has 28 heavy (non-hydrogen) atoms. The average Bonchev–Trinajstić information content (AvgIpc) is 3.53. The molecule has 0 aliphatic carbocycles. The lowest BCUT2D eigenvalue weighted by atomic mass is 10.3. The van der Waals surface area contributed by atoms with Crippen LogP contribution >= 0.6 is 34.4 Å². The van der Waals surface area contributed by atoms with Crippen LogP contribution in [0.5, 0.6) is 0 Å². The number of nitrogens with zero attached hydrogens (tertiary/aromatic N) is 4. The van der Waals surface area contributed by atoms with Gasteiger partial charge in [0.1, 0.15) is 6.26 Å². The molecule has 0 spiro atoms. The van der Waals surface area contributed by atoms with E-state index in [-0.39, 0.29) is 0 Å². The van der Waals surface area contributed by atoms with Crippen LogP contribution in [0.25, 0.3) is 27.2 Å². The highest BCUT2D eigenvalue weighted by Gasteiger charge is 2.17. The first-order chi connectivity index (χ1) is 13.9. The Morgan fingerprint density at radius 3 is 2.43 bits per heavy atom. The summed E-state index contributed by atoms with van der Waals surface area (Å²) in [6, 6.07) is 18.3. The van der Waals surface area contributed by atoms with Gasteiger partial charge in [-0.1, -0.05) is 42.1 Å². The van der Waals surface area contributed by atoms with Gasteiger partial charge in [0.25, 0.3) is 0 Å². The van der Waals surface area contributed by atoms with Crippen LogP contribution in [0.1, 0.15) is 5.69 Å². The van der Waals surface area contributed by atoms with E-state index in [0.717, 1.165) is 32.1 Å². The molecule has 8 heteroatoms. The van der Waals surface area contributed by atoms with Crippen LogP contribution < -0.4 is 0 Å². The quantitative estimate of drug-likeness (QED) is 0.314. The van der Waals surface area contributed by atoms with Crippen molar-refractivity contribution in [1.82, 2.24) is 19.7 Å². The lowest BCUT2D eigenvalue weighted by molar-refractivity contribution is 0.575. The molecule has 0 bridgehead atoms. The lowest BCUT2D eigenvalue weighted by Crippen LogP contribution is -1.98. The Hall–Kier alpha value is -2.68. The molecule has 0 amide bonds. The zero-order valence-corrected chi connectivity index (χ0v) is 17.0. The summed E-state index contributed by atoms with van der Waals surface area (Å²) in [6.45, 7) is 0. The molecule has 138 valence electrons. The molecule has 0 aliphatic rings. The van der Waals surface area contributed by atoms with Crippen molar-refractivity contribution in [1.29, 1.82) is 0 Å². The van der Waals surface area contributed by atoms with E-state index in [9.17, 15) is 0 Å². The fourth-order valence-corrected chi connectivity index (χ4v) is 4.95. The molecule has 5 aromatic rings. The zero-order valence-electron chi connectivity index (χ0n) is 14.6. The van der Waals surface area contributed by atoms with Crippen molar-refractivity contribution >= 4 is 34.4 Å². The second kappa shape index (κ2) is 7.75. The summed E-state index contributed by atoms with van der Waals surface area (Å²) in [5.41, 5.74) is 1.92. The molecule has 0 saturated carbocycles. The smallest absolute Gasteiger partial charge is 0.236 e. The van der Waals surface area contributed by atoms with Crippen LogP contribution in [0.2, 0.25) is 0 Å². The van der Waals surface area contributed by atoms with Crippen molar-refractivity contribution in [2.24, 2.45) is 0 Å². The first kappa shape index (κ1) is 17.4. The monoisotopic (exact) mass is 422 g/mol. The van der Waals surface area contributed by atoms with E-state index in [2.05, 4.69) is 37.9 Å². The number of para-hydroxylation sites is 1. The van der Waals surface area contributed by atoms with Crippen LogP contribution in [0.4, 0.5) is 0 Å². The molecule has 0 unspecified atom stereocenters. The van der Waals surface area contributed by atoms with E-state index in [4.69, 9.17) is 4.42 Å². The summed E-state index contributed by atoms with van der Waals surface area (Å²) in [5, 5.41) is 13.8. The second-order valence-electron chi connectivity index (χ2n) is 5.86. The molecule has 1 aromatic carbocycles. The maximum Gasteiger partial charge on any atom is 0.236 e. The molecular weight excluding hydrogens is 408 g/mol. The molecule has 4 aromatic heterocycles. The fraction of sp³-hybridized carbons (Fsp3) is 0.0500. The van der Waals surface area contributed by atoms with Gasteiger partial charge in [-0.05, 0) is 35.0 Å². The minimum Gasteiger partial charge on any atom is -0.444 e. The van der Waals surface area contributed by atoms with E-state index in [0.29, 0.717) is 11.6 Å².